The first-order valence-corrected chi connectivity index (χ1v) is 5.41. The molecule has 0 radical (unpaired) electrons. The van der Waals surface area contributed by atoms with Crippen LogP contribution < -0.4 is 10.9 Å². The van der Waals surface area contributed by atoms with Crippen LogP contribution in [0.2, 0.25) is 0 Å². The van der Waals surface area contributed by atoms with E-state index in [1.54, 1.807) is 12.3 Å². The van der Waals surface area contributed by atoms with Crippen molar-refractivity contribution in [1.29, 1.82) is 0 Å². The summed E-state index contributed by atoms with van der Waals surface area (Å²) in [7, 11) is 0. The number of pyridine rings is 1. The van der Waals surface area contributed by atoms with E-state index in [1.807, 2.05) is 19.1 Å². The van der Waals surface area contributed by atoms with Crippen LogP contribution in [-0.2, 0) is 4.79 Å². The van der Waals surface area contributed by atoms with Gasteiger partial charge in [0.25, 0.3) is 0 Å². The minimum absolute atomic E-state index is 0.131. The minimum atomic E-state index is -0.580. The Balaban J connectivity index is 2.37. The molecule has 2 heterocycles. The summed E-state index contributed by atoms with van der Waals surface area (Å²) in [6.45, 7) is 3.21. The number of aromatic nitrogens is 1. The summed E-state index contributed by atoms with van der Waals surface area (Å²) >= 11 is 0. The van der Waals surface area contributed by atoms with Gasteiger partial charge in [-0.15, -0.1) is 0 Å². The van der Waals surface area contributed by atoms with Gasteiger partial charge in [0.05, 0.1) is 0 Å². The molecule has 0 aliphatic carbocycles. The Kier molecular flexibility index (Phi) is 3.23. The van der Waals surface area contributed by atoms with E-state index < -0.39 is 5.63 Å². The number of nitrogens with one attached hydrogen (secondary N) is 1. The lowest BCUT2D eigenvalue weighted by Crippen LogP contribution is -2.14. The average Bonchev–Trinajstić information content (AvgIpc) is 2.32. The third-order valence-electron chi connectivity index (χ3n) is 2.33. The average molecular weight is 244 g/mol. The van der Waals surface area contributed by atoms with Crippen LogP contribution in [0.1, 0.15) is 12.6 Å². The lowest BCUT2D eigenvalue weighted by atomic mass is 10.2. The van der Waals surface area contributed by atoms with Gasteiger partial charge >= 0.3 is 5.63 Å². The monoisotopic (exact) mass is 244 g/mol. The zero-order valence-electron chi connectivity index (χ0n) is 10.1. The summed E-state index contributed by atoms with van der Waals surface area (Å²) in [5.41, 5.74) is 1.15. The van der Waals surface area contributed by atoms with Gasteiger partial charge in [0.1, 0.15) is 11.4 Å². The predicted octanol–water partition coefficient (Wildman–Crippen LogP) is 1.97. The second-order valence-electron chi connectivity index (χ2n) is 3.87. The third kappa shape index (κ3) is 2.63. The fraction of sp³-hybridized carbons (Fsp3) is 0.154. The first-order chi connectivity index (χ1) is 8.56. The molecule has 0 aliphatic rings. The molecule has 0 bridgehead atoms. The largest absolute Gasteiger partial charge is 0.421 e. The zero-order valence-corrected chi connectivity index (χ0v) is 10.1. The Morgan fingerprint density at radius 1 is 1.28 bits per heavy atom. The molecular formula is C13H12N2O3. The van der Waals surface area contributed by atoms with E-state index in [1.165, 1.54) is 13.0 Å². The molecule has 0 aliphatic heterocycles. The normalized spacial score (nSPS) is 10.1. The smallest absolute Gasteiger partial charge is 0.360 e. The Bertz CT molecular complexity index is 629. The second kappa shape index (κ2) is 4.83. The van der Waals surface area contributed by atoms with E-state index >= 15 is 0 Å². The van der Waals surface area contributed by atoms with Crippen molar-refractivity contribution >= 4 is 11.6 Å². The molecule has 0 fully saturated rings. The van der Waals surface area contributed by atoms with E-state index in [-0.39, 0.29) is 11.6 Å². The van der Waals surface area contributed by atoms with Gasteiger partial charge in [0, 0.05) is 24.4 Å². The molecule has 2 aromatic heterocycles. The second-order valence-corrected chi connectivity index (χ2v) is 3.87. The fourth-order valence-electron chi connectivity index (χ4n) is 1.47. The van der Waals surface area contributed by atoms with Crippen LogP contribution in [0, 0.1) is 6.92 Å². The van der Waals surface area contributed by atoms with E-state index in [2.05, 4.69) is 10.3 Å². The SMILES string of the molecule is CC(=O)Nc1ccc(-c2ccc(C)nc2)oc1=O. The maximum absolute atomic E-state index is 11.6. The summed E-state index contributed by atoms with van der Waals surface area (Å²) in [5.74, 6) is 0.105. The molecule has 1 amide bonds. The molecule has 0 saturated carbocycles. The van der Waals surface area contributed by atoms with Crippen LogP contribution in [0.3, 0.4) is 0 Å². The summed E-state index contributed by atoms with van der Waals surface area (Å²) < 4.78 is 5.12. The molecule has 0 aromatic carbocycles. The van der Waals surface area contributed by atoms with Crippen LogP contribution in [0.5, 0.6) is 0 Å². The number of aryl methyl sites for hydroxylation is 1. The Labute approximate surface area is 103 Å². The molecule has 5 heteroatoms. The topological polar surface area (TPSA) is 72.2 Å². The van der Waals surface area contributed by atoms with Crippen LogP contribution in [0.25, 0.3) is 11.3 Å². The lowest BCUT2D eigenvalue weighted by molar-refractivity contribution is -0.114. The number of hydrogen-bond donors (Lipinski definition) is 1. The van der Waals surface area contributed by atoms with Gasteiger partial charge in [-0.1, -0.05) is 0 Å². The van der Waals surface area contributed by atoms with Gasteiger partial charge in [-0.25, -0.2) is 4.79 Å². The quantitative estimate of drug-likeness (QED) is 0.876. The molecular weight excluding hydrogens is 232 g/mol. The highest BCUT2D eigenvalue weighted by Crippen LogP contribution is 2.18. The van der Waals surface area contributed by atoms with Crippen LogP contribution in [0.15, 0.2) is 39.7 Å². The first kappa shape index (κ1) is 12.0. The van der Waals surface area contributed by atoms with E-state index in [4.69, 9.17) is 4.42 Å². The molecule has 5 nitrogen and oxygen atoms in total. The van der Waals surface area contributed by atoms with E-state index in [0.717, 1.165) is 5.69 Å². The van der Waals surface area contributed by atoms with Gasteiger partial charge in [0.15, 0.2) is 0 Å². The van der Waals surface area contributed by atoms with Crippen molar-refractivity contribution in [3.8, 4) is 11.3 Å². The number of anilines is 1. The number of hydrogen-bond acceptors (Lipinski definition) is 4. The van der Waals surface area contributed by atoms with Gasteiger partial charge < -0.3 is 9.73 Å². The molecule has 0 spiro atoms. The molecule has 2 rings (SSSR count). The van der Waals surface area contributed by atoms with Crippen LogP contribution in [-0.4, -0.2) is 10.9 Å². The Hall–Kier alpha value is -2.43. The minimum Gasteiger partial charge on any atom is -0.421 e. The fourth-order valence-corrected chi connectivity index (χ4v) is 1.47. The summed E-state index contributed by atoms with van der Waals surface area (Å²) in [4.78, 5) is 26.6. The number of carbonyl (C=O) groups excluding carboxylic acids is 1. The number of carbonyl (C=O) groups is 1. The van der Waals surface area contributed by atoms with Crippen molar-refractivity contribution in [2.75, 3.05) is 5.32 Å². The Morgan fingerprint density at radius 3 is 2.61 bits per heavy atom. The Morgan fingerprint density at radius 2 is 2.06 bits per heavy atom. The molecule has 2 aromatic rings. The van der Waals surface area contributed by atoms with Gasteiger partial charge in [-0.3, -0.25) is 9.78 Å². The zero-order chi connectivity index (χ0) is 13.1. The van der Waals surface area contributed by atoms with Crippen molar-refractivity contribution in [2.24, 2.45) is 0 Å². The van der Waals surface area contributed by atoms with Crippen molar-refractivity contribution < 1.29 is 9.21 Å². The highest BCUT2D eigenvalue weighted by Gasteiger charge is 2.06. The molecule has 92 valence electrons. The van der Waals surface area contributed by atoms with Crippen molar-refractivity contribution in [3.05, 3.63) is 46.6 Å². The summed E-state index contributed by atoms with van der Waals surface area (Å²) in [5, 5.41) is 2.40. The maximum Gasteiger partial charge on any atom is 0.360 e. The molecule has 0 saturated heterocycles. The van der Waals surface area contributed by atoms with Gasteiger partial charge in [0.2, 0.25) is 5.91 Å². The van der Waals surface area contributed by atoms with Crippen LogP contribution in [0.4, 0.5) is 5.69 Å². The van der Waals surface area contributed by atoms with Gasteiger partial charge in [-0.05, 0) is 31.2 Å². The standard InChI is InChI=1S/C13H12N2O3/c1-8-3-4-10(7-14-8)12-6-5-11(13(17)18-12)15-9(2)16/h3-7H,1-2H3,(H,15,16). The highest BCUT2D eigenvalue weighted by atomic mass is 16.4. The molecule has 18 heavy (non-hydrogen) atoms. The molecule has 1 N–H and O–H groups in total. The first-order valence-electron chi connectivity index (χ1n) is 5.41. The van der Waals surface area contributed by atoms with Gasteiger partial charge in [-0.2, -0.15) is 0 Å². The highest BCUT2D eigenvalue weighted by molar-refractivity contribution is 5.88. The van der Waals surface area contributed by atoms with Crippen molar-refractivity contribution in [2.45, 2.75) is 13.8 Å². The summed E-state index contributed by atoms with van der Waals surface area (Å²) in [6, 6.07) is 6.79. The molecule has 0 atom stereocenters. The van der Waals surface area contributed by atoms with Crippen molar-refractivity contribution in [1.82, 2.24) is 4.98 Å². The summed E-state index contributed by atoms with van der Waals surface area (Å²) in [6.07, 6.45) is 1.63. The third-order valence-corrected chi connectivity index (χ3v) is 2.33. The number of nitrogens with zero attached hydrogens (tertiary/aromatic N) is 1. The lowest BCUT2D eigenvalue weighted by Gasteiger charge is -2.03. The van der Waals surface area contributed by atoms with Crippen molar-refractivity contribution in [3.63, 3.8) is 0 Å². The van der Waals surface area contributed by atoms with Crippen LogP contribution >= 0.6 is 0 Å². The number of rotatable bonds is 2. The predicted molar refractivity (Wildman–Crippen MR) is 67.2 cm³/mol. The molecule has 0 unspecified atom stereocenters. The number of amides is 1. The van der Waals surface area contributed by atoms with E-state index in [9.17, 15) is 9.59 Å². The maximum atomic E-state index is 11.6. The van der Waals surface area contributed by atoms with E-state index in [0.29, 0.717) is 11.3 Å².